The lowest BCUT2D eigenvalue weighted by molar-refractivity contribution is 0.367. The van der Waals surface area contributed by atoms with E-state index < -0.39 is 0 Å². The second kappa shape index (κ2) is 7.57. The van der Waals surface area contributed by atoms with Crippen LogP contribution in [0, 0.1) is 19.8 Å². The first-order valence-corrected chi connectivity index (χ1v) is 7.36. The Labute approximate surface area is 112 Å². The fourth-order valence-electron chi connectivity index (χ4n) is 2.58. The molecule has 0 saturated heterocycles. The molecule has 3 heteroatoms. The normalized spacial score (nSPS) is 12.9. The van der Waals surface area contributed by atoms with E-state index in [1.807, 2.05) is 0 Å². The largest absolute Gasteiger partial charge is 0.330 e. The number of nitrogens with zero attached hydrogens (tertiary/aromatic N) is 2. The molecule has 0 amide bonds. The Morgan fingerprint density at radius 3 is 2.56 bits per heavy atom. The van der Waals surface area contributed by atoms with E-state index in [2.05, 4.69) is 37.5 Å². The van der Waals surface area contributed by atoms with Crippen LogP contribution >= 0.6 is 0 Å². The fourth-order valence-corrected chi connectivity index (χ4v) is 2.58. The van der Waals surface area contributed by atoms with Crippen molar-refractivity contribution in [1.82, 2.24) is 9.78 Å². The highest BCUT2D eigenvalue weighted by Crippen LogP contribution is 2.19. The molecule has 1 rings (SSSR count). The van der Waals surface area contributed by atoms with Crippen molar-refractivity contribution in [3.05, 3.63) is 17.0 Å². The van der Waals surface area contributed by atoms with Gasteiger partial charge < -0.3 is 5.73 Å². The maximum atomic E-state index is 5.66. The van der Waals surface area contributed by atoms with Gasteiger partial charge in [0.2, 0.25) is 0 Å². The van der Waals surface area contributed by atoms with Gasteiger partial charge in [-0.05, 0) is 44.7 Å². The van der Waals surface area contributed by atoms with Crippen LogP contribution in [0.5, 0.6) is 0 Å². The van der Waals surface area contributed by atoms with Crippen LogP contribution in [-0.2, 0) is 13.0 Å². The van der Waals surface area contributed by atoms with Gasteiger partial charge in [0, 0.05) is 12.2 Å². The van der Waals surface area contributed by atoms with Crippen LogP contribution in [0.2, 0.25) is 0 Å². The molecule has 0 spiro atoms. The van der Waals surface area contributed by atoms with E-state index in [4.69, 9.17) is 5.73 Å². The first-order chi connectivity index (χ1) is 8.63. The van der Waals surface area contributed by atoms with Gasteiger partial charge >= 0.3 is 0 Å². The average Bonchev–Trinajstić information content (AvgIpc) is 2.62. The van der Waals surface area contributed by atoms with Crippen molar-refractivity contribution in [2.75, 3.05) is 6.54 Å². The molecule has 0 aromatic carbocycles. The third-order valence-corrected chi connectivity index (χ3v) is 3.90. The number of hydrogen-bond donors (Lipinski definition) is 1. The van der Waals surface area contributed by atoms with Crippen molar-refractivity contribution in [3.8, 4) is 0 Å². The summed E-state index contributed by atoms with van der Waals surface area (Å²) in [5.41, 5.74) is 9.48. The van der Waals surface area contributed by atoms with Gasteiger partial charge in [-0.1, -0.05) is 33.1 Å². The van der Waals surface area contributed by atoms with Crippen molar-refractivity contribution >= 4 is 0 Å². The molecule has 0 aliphatic rings. The van der Waals surface area contributed by atoms with Gasteiger partial charge in [0.15, 0.2) is 0 Å². The molecular weight excluding hydrogens is 222 g/mol. The lowest BCUT2D eigenvalue weighted by Crippen LogP contribution is -2.13. The first kappa shape index (κ1) is 15.2. The van der Waals surface area contributed by atoms with Crippen LogP contribution < -0.4 is 5.73 Å². The molecule has 1 unspecified atom stereocenters. The van der Waals surface area contributed by atoms with Crippen molar-refractivity contribution in [1.29, 1.82) is 0 Å². The van der Waals surface area contributed by atoms with Gasteiger partial charge in [-0.25, -0.2) is 0 Å². The Morgan fingerprint density at radius 1 is 1.28 bits per heavy atom. The summed E-state index contributed by atoms with van der Waals surface area (Å²) in [4.78, 5) is 0. The van der Waals surface area contributed by atoms with Gasteiger partial charge in [-0.15, -0.1) is 0 Å². The van der Waals surface area contributed by atoms with E-state index in [0.717, 1.165) is 24.6 Å². The SMILES string of the molecule is CCCCC(CC)Cn1nc(C)c(CCN)c1C. The lowest BCUT2D eigenvalue weighted by atomic mass is 9.99. The van der Waals surface area contributed by atoms with Crippen LogP contribution in [0.25, 0.3) is 0 Å². The standard InChI is InChI=1S/C15H29N3/c1-5-7-8-14(6-2)11-18-13(4)15(9-10-16)12(3)17-18/h14H,5-11,16H2,1-4H3. The summed E-state index contributed by atoms with van der Waals surface area (Å²) < 4.78 is 2.20. The maximum Gasteiger partial charge on any atom is 0.0628 e. The lowest BCUT2D eigenvalue weighted by Gasteiger charge is -2.15. The van der Waals surface area contributed by atoms with E-state index in [-0.39, 0.29) is 0 Å². The van der Waals surface area contributed by atoms with Gasteiger partial charge in [-0.3, -0.25) is 4.68 Å². The zero-order valence-corrected chi connectivity index (χ0v) is 12.5. The molecular formula is C15H29N3. The Hall–Kier alpha value is -0.830. The average molecular weight is 251 g/mol. The zero-order chi connectivity index (χ0) is 13.5. The van der Waals surface area contributed by atoms with Crippen molar-refractivity contribution in [3.63, 3.8) is 0 Å². The molecule has 104 valence electrons. The Balaban J connectivity index is 2.74. The maximum absolute atomic E-state index is 5.66. The molecule has 0 fully saturated rings. The van der Waals surface area contributed by atoms with Crippen molar-refractivity contribution < 1.29 is 0 Å². The fraction of sp³-hybridized carbons (Fsp3) is 0.800. The van der Waals surface area contributed by atoms with Crippen molar-refractivity contribution in [2.24, 2.45) is 11.7 Å². The van der Waals surface area contributed by atoms with E-state index in [1.165, 1.54) is 36.9 Å². The molecule has 0 aliphatic carbocycles. The number of unbranched alkanes of at least 4 members (excludes halogenated alkanes) is 1. The van der Waals surface area contributed by atoms with E-state index >= 15 is 0 Å². The number of hydrogen-bond acceptors (Lipinski definition) is 2. The van der Waals surface area contributed by atoms with Gasteiger partial charge in [0.25, 0.3) is 0 Å². The smallest absolute Gasteiger partial charge is 0.0628 e. The summed E-state index contributed by atoms with van der Waals surface area (Å²) in [5, 5.41) is 4.69. The molecule has 1 heterocycles. The number of aryl methyl sites for hydroxylation is 1. The topological polar surface area (TPSA) is 43.8 Å². The van der Waals surface area contributed by atoms with Crippen LogP contribution in [0.3, 0.4) is 0 Å². The summed E-state index contributed by atoms with van der Waals surface area (Å²) in [7, 11) is 0. The first-order valence-electron chi connectivity index (χ1n) is 7.36. The van der Waals surface area contributed by atoms with Crippen LogP contribution in [0.1, 0.15) is 56.5 Å². The van der Waals surface area contributed by atoms with Crippen molar-refractivity contribution in [2.45, 2.75) is 66.3 Å². The second-order valence-corrected chi connectivity index (χ2v) is 5.29. The summed E-state index contributed by atoms with van der Waals surface area (Å²) in [6, 6.07) is 0. The minimum Gasteiger partial charge on any atom is -0.330 e. The molecule has 0 aliphatic heterocycles. The minimum absolute atomic E-state index is 0.709. The van der Waals surface area contributed by atoms with E-state index in [0.29, 0.717) is 6.54 Å². The summed E-state index contributed by atoms with van der Waals surface area (Å²) >= 11 is 0. The predicted octanol–water partition coefficient (Wildman–Crippen LogP) is 3.22. The van der Waals surface area contributed by atoms with E-state index in [1.54, 1.807) is 0 Å². The Bertz CT molecular complexity index is 355. The van der Waals surface area contributed by atoms with Gasteiger partial charge in [0.1, 0.15) is 0 Å². The third kappa shape index (κ3) is 3.84. The van der Waals surface area contributed by atoms with Gasteiger partial charge in [-0.2, -0.15) is 5.10 Å². The molecule has 3 nitrogen and oxygen atoms in total. The predicted molar refractivity (Wildman–Crippen MR) is 77.8 cm³/mol. The summed E-state index contributed by atoms with van der Waals surface area (Å²) in [5.74, 6) is 0.758. The second-order valence-electron chi connectivity index (χ2n) is 5.29. The van der Waals surface area contributed by atoms with Crippen LogP contribution in [0.4, 0.5) is 0 Å². The summed E-state index contributed by atoms with van der Waals surface area (Å²) in [6.07, 6.45) is 6.12. The zero-order valence-electron chi connectivity index (χ0n) is 12.5. The molecule has 1 atom stereocenters. The van der Waals surface area contributed by atoms with Crippen LogP contribution in [0.15, 0.2) is 0 Å². The molecule has 2 N–H and O–H groups in total. The number of aromatic nitrogens is 2. The molecule has 18 heavy (non-hydrogen) atoms. The molecule has 0 saturated carbocycles. The Morgan fingerprint density at radius 2 is 2.00 bits per heavy atom. The Kier molecular flexibility index (Phi) is 6.41. The molecule has 0 bridgehead atoms. The highest BCUT2D eigenvalue weighted by Gasteiger charge is 2.14. The third-order valence-electron chi connectivity index (χ3n) is 3.90. The quantitative estimate of drug-likeness (QED) is 0.771. The molecule has 0 radical (unpaired) electrons. The van der Waals surface area contributed by atoms with E-state index in [9.17, 15) is 0 Å². The van der Waals surface area contributed by atoms with Crippen LogP contribution in [-0.4, -0.2) is 16.3 Å². The molecule has 1 aromatic rings. The highest BCUT2D eigenvalue weighted by molar-refractivity contribution is 5.24. The number of nitrogens with two attached hydrogens (primary N) is 1. The number of rotatable bonds is 8. The van der Waals surface area contributed by atoms with Gasteiger partial charge in [0.05, 0.1) is 5.69 Å². The molecule has 1 aromatic heterocycles. The minimum atomic E-state index is 0.709. The monoisotopic (exact) mass is 251 g/mol. The summed E-state index contributed by atoms with van der Waals surface area (Å²) in [6.45, 7) is 10.6. The highest BCUT2D eigenvalue weighted by atomic mass is 15.3.